The van der Waals surface area contributed by atoms with Crippen LogP contribution in [0.4, 0.5) is 13.2 Å². The number of aliphatic carboxylic acids is 1. The van der Waals surface area contributed by atoms with Gasteiger partial charge in [-0.2, -0.15) is 13.2 Å². The summed E-state index contributed by atoms with van der Waals surface area (Å²) in [5.41, 5.74) is 6.31. The zero-order valence-electron chi connectivity index (χ0n) is 23.4. The second-order valence-electron chi connectivity index (χ2n) is 9.91. The van der Waals surface area contributed by atoms with Gasteiger partial charge < -0.3 is 24.8 Å². The third-order valence-corrected chi connectivity index (χ3v) is 6.80. The lowest BCUT2D eigenvalue weighted by molar-refractivity contribution is -0.192. The maximum absolute atomic E-state index is 13.6. The fourth-order valence-electron chi connectivity index (χ4n) is 4.75. The smallest absolute Gasteiger partial charge is 0.490 e. The van der Waals surface area contributed by atoms with Crippen LogP contribution >= 0.6 is 0 Å². The number of alkyl halides is 3. The van der Waals surface area contributed by atoms with Crippen molar-refractivity contribution >= 4 is 18.0 Å². The van der Waals surface area contributed by atoms with Crippen molar-refractivity contribution < 1.29 is 37.7 Å². The van der Waals surface area contributed by atoms with E-state index in [1.54, 1.807) is 13.4 Å². The molecule has 4 aromatic rings. The number of amides is 1. The molecule has 1 aliphatic rings. The molecule has 43 heavy (non-hydrogen) atoms. The van der Waals surface area contributed by atoms with E-state index in [4.69, 9.17) is 14.6 Å². The predicted molar refractivity (Wildman–Crippen MR) is 154 cm³/mol. The molecular formula is C32H30F3N3O5. The van der Waals surface area contributed by atoms with Crippen LogP contribution in [0.2, 0.25) is 0 Å². The van der Waals surface area contributed by atoms with Gasteiger partial charge in [0.25, 0.3) is 0 Å². The highest BCUT2D eigenvalue weighted by atomic mass is 19.4. The van der Waals surface area contributed by atoms with Crippen LogP contribution < -0.4 is 10.1 Å². The number of imidazole rings is 1. The number of carbonyl (C=O) groups excluding carboxylic acids is 1. The Morgan fingerprint density at radius 2 is 1.77 bits per heavy atom. The van der Waals surface area contributed by atoms with Gasteiger partial charge in [0, 0.05) is 24.6 Å². The van der Waals surface area contributed by atoms with Crippen LogP contribution in [0.1, 0.15) is 34.0 Å². The van der Waals surface area contributed by atoms with E-state index in [0.29, 0.717) is 24.2 Å². The topological polar surface area (TPSA) is 114 Å². The Balaban J connectivity index is 0.000000541. The van der Waals surface area contributed by atoms with Crippen LogP contribution in [-0.2, 0) is 22.4 Å². The number of hydrogen-bond acceptors (Lipinski definition) is 5. The molecule has 0 radical (unpaired) electrons. The highest BCUT2D eigenvalue weighted by Crippen LogP contribution is 2.32. The Morgan fingerprint density at radius 1 is 1.09 bits per heavy atom. The van der Waals surface area contributed by atoms with E-state index in [1.165, 1.54) is 0 Å². The lowest BCUT2D eigenvalue weighted by Crippen LogP contribution is -2.35. The Labute approximate surface area is 246 Å². The maximum Gasteiger partial charge on any atom is 0.490 e. The number of aliphatic hydroxyl groups is 1. The number of methoxy groups -OCH3 is 1. The average Bonchev–Trinajstić information content (AvgIpc) is 3.55. The molecule has 0 bridgehead atoms. The first-order valence-corrected chi connectivity index (χ1v) is 13.3. The number of nitrogens with one attached hydrogen (secondary N) is 1. The van der Waals surface area contributed by atoms with Crippen LogP contribution in [0.25, 0.3) is 11.8 Å². The molecule has 1 amide bonds. The summed E-state index contributed by atoms with van der Waals surface area (Å²) in [6.07, 6.45) is 0.838. The molecule has 1 heterocycles. The van der Waals surface area contributed by atoms with E-state index in [9.17, 15) is 23.1 Å². The van der Waals surface area contributed by atoms with Crippen molar-refractivity contribution in [3.05, 3.63) is 119 Å². The number of aromatic nitrogens is 2. The lowest BCUT2D eigenvalue weighted by atomic mass is 10.00. The summed E-state index contributed by atoms with van der Waals surface area (Å²) in [5, 5.41) is 20.9. The van der Waals surface area contributed by atoms with Gasteiger partial charge in [-0.1, -0.05) is 60.7 Å². The number of carbonyl (C=O) groups is 2. The van der Waals surface area contributed by atoms with Crippen LogP contribution in [0, 0.1) is 6.92 Å². The first kappa shape index (κ1) is 31.0. The van der Waals surface area contributed by atoms with E-state index in [1.807, 2.05) is 96.6 Å². The van der Waals surface area contributed by atoms with E-state index in [2.05, 4.69) is 10.3 Å². The van der Waals surface area contributed by atoms with Gasteiger partial charge in [-0.15, -0.1) is 0 Å². The predicted octanol–water partition coefficient (Wildman–Crippen LogP) is 5.22. The normalized spacial score (nSPS) is 16.1. The molecule has 224 valence electrons. The van der Waals surface area contributed by atoms with Gasteiger partial charge in [0.1, 0.15) is 5.75 Å². The van der Waals surface area contributed by atoms with E-state index >= 15 is 0 Å². The van der Waals surface area contributed by atoms with Crippen LogP contribution in [0.15, 0.2) is 90.9 Å². The van der Waals surface area contributed by atoms with Gasteiger partial charge in [0.05, 0.1) is 37.0 Å². The second kappa shape index (κ2) is 13.4. The summed E-state index contributed by atoms with van der Waals surface area (Å²) in [6, 6.07) is 23.2. The van der Waals surface area contributed by atoms with Gasteiger partial charge in [-0.05, 0) is 47.4 Å². The number of aliphatic hydroxyl groups excluding tert-OH is 1. The van der Waals surface area contributed by atoms with Gasteiger partial charge in [-0.25, -0.2) is 9.78 Å². The molecule has 5 rings (SSSR count). The number of nitrogens with zero attached hydrogens (tertiary/aromatic N) is 2. The monoisotopic (exact) mass is 593 g/mol. The van der Waals surface area contributed by atoms with Gasteiger partial charge >= 0.3 is 12.1 Å². The third-order valence-electron chi connectivity index (χ3n) is 6.80. The fourth-order valence-corrected chi connectivity index (χ4v) is 4.75. The fraction of sp³-hybridized carbons (Fsp3) is 0.219. The van der Waals surface area contributed by atoms with Crippen LogP contribution in [-0.4, -0.2) is 51.0 Å². The zero-order valence-corrected chi connectivity index (χ0v) is 23.4. The summed E-state index contributed by atoms with van der Waals surface area (Å²) in [6.45, 7) is 1.94. The number of fused-ring (bicyclic) bond motifs is 1. The number of carboxylic acid groups (broad SMARTS) is 1. The Morgan fingerprint density at radius 3 is 2.40 bits per heavy atom. The second-order valence-corrected chi connectivity index (χ2v) is 9.91. The minimum atomic E-state index is -5.08. The number of benzene rings is 3. The highest BCUT2D eigenvalue weighted by Gasteiger charge is 2.38. The number of hydrogen-bond donors (Lipinski definition) is 3. The molecule has 11 heteroatoms. The molecule has 0 saturated carbocycles. The van der Waals surface area contributed by atoms with E-state index < -0.39 is 24.3 Å². The van der Waals surface area contributed by atoms with Gasteiger partial charge in [0.2, 0.25) is 5.91 Å². The molecule has 1 aromatic heterocycles. The molecule has 2 atom stereocenters. The summed E-state index contributed by atoms with van der Waals surface area (Å²) >= 11 is 0. The van der Waals surface area contributed by atoms with Crippen molar-refractivity contribution in [1.82, 2.24) is 14.9 Å². The van der Waals surface area contributed by atoms with Crippen molar-refractivity contribution in [1.29, 1.82) is 0 Å². The van der Waals surface area contributed by atoms with Crippen molar-refractivity contribution in [2.24, 2.45) is 0 Å². The molecule has 0 saturated heterocycles. The summed E-state index contributed by atoms with van der Waals surface area (Å²) in [4.78, 5) is 26.8. The Hall–Kier alpha value is -4.90. The molecule has 0 fully saturated rings. The molecule has 0 spiro atoms. The highest BCUT2D eigenvalue weighted by molar-refractivity contribution is 5.98. The molecule has 0 unspecified atom stereocenters. The van der Waals surface area contributed by atoms with Crippen LogP contribution in [0.5, 0.6) is 5.75 Å². The minimum absolute atomic E-state index is 0.201. The molecule has 0 aliphatic heterocycles. The SMILES string of the molecule is COc1cc(C=C(Cc2ccccc2)C(=O)N[C@@H]2c3ccccc3C[C@@H]2O)ccc1-n1cnc(C)c1.O=C(O)C(F)(F)F. The first-order chi connectivity index (χ1) is 20.5. The van der Waals surface area contributed by atoms with Crippen molar-refractivity contribution in [2.45, 2.75) is 38.1 Å². The Bertz CT molecular complexity index is 1620. The minimum Gasteiger partial charge on any atom is -0.495 e. The molecule has 8 nitrogen and oxygen atoms in total. The summed E-state index contributed by atoms with van der Waals surface area (Å²) in [5.74, 6) is -2.28. The van der Waals surface area contributed by atoms with Crippen molar-refractivity contribution in [3.8, 4) is 11.4 Å². The molecule has 3 aromatic carbocycles. The van der Waals surface area contributed by atoms with E-state index in [-0.39, 0.29) is 5.91 Å². The van der Waals surface area contributed by atoms with Gasteiger partial charge in [-0.3, -0.25) is 4.79 Å². The standard InChI is InChI=1S/C30H29N3O3.C2HF3O2/c1-20-18-33(19-31-20)26-13-12-22(16-28(26)36-2)15-24(14-21-8-4-3-5-9-21)30(35)32-29-25-11-7-6-10-23(25)17-27(29)34;3-2(4,5)1(6)7/h3-13,15-16,18-19,27,29,34H,14,17H2,1-2H3,(H,32,35);(H,6,7)/t27-,29+;/m0./s1. The van der Waals surface area contributed by atoms with Crippen molar-refractivity contribution in [3.63, 3.8) is 0 Å². The largest absolute Gasteiger partial charge is 0.495 e. The summed E-state index contributed by atoms with van der Waals surface area (Å²) < 4.78 is 39.3. The zero-order chi connectivity index (χ0) is 31.1. The van der Waals surface area contributed by atoms with Gasteiger partial charge in [0.15, 0.2) is 0 Å². The summed E-state index contributed by atoms with van der Waals surface area (Å²) in [7, 11) is 1.63. The molecule has 3 N–H and O–H groups in total. The maximum atomic E-state index is 13.6. The number of aryl methyl sites for hydroxylation is 1. The van der Waals surface area contributed by atoms with E-state index in [0.717, 1.165) is 33.6 Å². The van der Waals surface area contributed by atoms with Crippen molar-refractivity contribution in [2.75, 3.05) is 7.11 Å². The number of halogens is 3. The molecule has 1 aliphatic carbocycles. The average molecular weight is 594 g/mol. The third kappa shape index (κ3) is 7.89. The molecular weight excluding hydrogens is 563 g/mol. The number of carboxylic acids is 1. The number of ether oxygens (including phenoxy) is 1. The Kier molecular flexibility index (Phi) is 9.66. The lowest BCUT2D eigenvalue weighted by Gasteiger charge is -2.19. The number of rotatable bonds is 7. The first-order valence-electron chi connectivity index (χ1n) is 13.3. The van der Waals surface area contributed by atoms with Crippen LogP contribution in [0.3, 0.4) is 0 Å². The quantitative estimate of drug-likeness (QED) is 0.253.